The Morgan fingerprint density at radius 1 is 0.977 bits per heavy atom. The molecule has 5 atom stereocenters. The summed E-state index contributed by atoms with van der Waals surface area (Å²) in [6.45, 7) is 4.10. The number of hydrogen-bond donors (Lipinski definition) is 4. The second-order valence-corrected chi connectivity index (χ2v) is 12.0. The fourth-order valence-electron chi connectivity index (χ4n) is 6.64. The number of imidazole rings is 1. The smallest absolute Gasteiger partial charge is 0.229 e. The molecule has 228 valence electrons. The minimum Gasteiger partial charge on any atom is -0.388 e. The van der Waals surface area contributed by atoms with E-state index in [1.54, 1.807) is 11.0 Å². The molecule has 3 aromatic heterocycles. The molecule has 1 saturated heterocycles. The molecule has 44 heavy (non-hydrogen) atoms. The third kappa shape index (κ3) is 5.31. The average Bonchev–Trinajstić information content (AvgIpc) is 3.86. The lowest BCUT2D eigenvalue weighted by molar-refractivity contribution is 0.00721. The van der Waals surface area contributed by atoms with Crippen LogP contribution in [0.15, 0.2) is 79.4 Å². The number of fused-ring (bicyclic) bond motifs is 1. The monoisotopic (exact) mass is 593 g/mol. The fourth-order valence-corrected chi connectivity index (χ4v) is 6.64. The van der Waals surface area contributed by atoms with Gasteiger partial charge < -0.3 is 30.7 Å². The van der Waals surface area contributed by atoms with E-state index in [2.05, 4.69) is 70.8 Å². The summed E-state index contributed by atoms with van der Waals surface area (Å²) in [5.41, 5.74) is 11.0. The van der Waals surface area contributed by atoms with E-state index in [9.17, 15) is 10.2 Å². The first-order valence-corrected chi connectivity index (χ1v) is 15.5. The first-order chi connectivity index (χ1) is 21.5. The molecule has 0 amide bonds. The molecule has 0 radical (unpaired) electrons. The largest absolute Gasteiger partial charge is 0.388 e. The van der Waals surface area contributed by atoms with Crippen molar-refractivity contribution in [3.8, 4) is 0 Å². The van der Waals surface area contributed by atoms with Gasteiger partial charge in [0.05, 0.1) is 24.6 Å². The van der Waals surface area contributed by atoms with Crippen molar-refractivity contribution < 1.29 is 10.2 Å². The van der Waals surface area contributed by atoms with Crippen molar-refractivity contribution in [1.82, 2.24) is 29.3 Å². The Kier molecular flexibility index (Phi) is 7.75. The van der Waals surface area contributed by atoms with Crippen molar-refractivity contribution >= 4 is 22.9 Å². The molecule has 7 rings (SSSR count). The summed E-state index contributed by atoms with van der Waals surface area (Å²) in [4.78, 5) is 16.8. The number of nitrogens with two attached hydrogens (primary N) is 1. The van der Waals surface area contributed by atoms with E-state index >= 15 is 0 Å². The van der Waals surface area contributed by atoms with Gasteiger partial charge >= 0.3 is 0 Å². The lowest BCUT2D eigenvalue weighted by atomic mass is 9.91. The Hall–Kier alpha value is -4.32. The van der Waals surface area contributed by atoms with Crippen molar-refractivity contribution in [2.24, 2.45) is 5.73 Å². The summed E-state index contributed by atoms with van der Waals surface area (Å²) in [6, 6.07) is 20.1. The number of hydrogen-bond acceptors (Lipinski definition) is 9. The van der Waals surface area contributed by atoms with Crippen LogP contribution in [0.25, 0.3) is 11.2 Å². The highest BCUT2D eigenvalue weighted by Crippen LogP contribution is 2.40. The molecule has 5 aromatic rings. The van der Waals surface area contributed by atoms with Crippen molar-refractivity contribution in [3.05, 3.63) is 96.1 Å². The van der Waals surface area contributed by atoms with E-state index in [-0.39, 0.29) is 18.0 Å². The molecular weight excluding hydrogens is 554 g/mol. The standard InChI is InChI=1S/C33H39N9O2/c1-2-21-16-37-42(18-21)27-15-26(29(43)30(27)44)41-20-36-28-31(38-33(39-32(28)41)40-14-13-24(34)19-40)35-17-25(22-9-5-3-6-10-22)23-11-7-4-8-12-23/h3-12,16,18,20,24-27,29-30,43-44H,2,13-15,17,19,34H2,1H3,(H,35,38,39)/t24-,26+,27-,29-,30+/m0/s1. The molecule has 0 spiro atoms. The van der Waals surface area contributed by atoms with Gasteiger partial charge in [-0.05, 0) is 36.0 Å². The third-order valence-electron chi connectivity index (χ3n) is 9.18. The Balaban J connectivity index is 1.25. The Morgan fingerprint density at radius 2 is 1.68 bits per heavy atom. The number of anilines is 2. The average molecular weight is 594 g/mol. The van der Waals surface area contributed by atoms with Crippen molar-refractivity contribution in [2.45, 2.75) is 62.4 Å². The molecule has 2 aliphatic rings. The summed E-state index contributed by atoms with van der Waals surface area (Å²) < 4.78 is 3.67. The highest BCUT2D eigenvalue weighted by molar-refractivity contribution is 5.84. The van der Waals surface area contributed by atoms with Crippen LogP contribution in [-0.2, 0) is 6.42 Å². The molecule has 0 unspecified atom stereocenters. The van der Waals surface area contributed by atoms with Gasteiger partial charge in [0, 0.05) is 37.8 Å². The molecule has 2 fully saturated rings. The normalized spacial score (nSPS) is 23.7. The number of aliphatic hydroxyl groups is 2. The number of aryl methyl sites for hydroxylation is 1. The third-order valence-corrected chi connectivity index (χ3v) is 9.18. The lowest BCUT2D eigenvalue weighted by Gasteiger charge is -2.22. The van der Waals surface area contributed by atoms with Gasteiger partial charge in [0.1, 0.15) is 12.2 Å². The zero-order valence-electron chi connectivity index (χ0n) is 24.8. The van der Waals surface area contributed by atoms with Crippen molar-refractivity contribution in [1.29, 1.82) is 0 Å². The van der Waals surface area contributed by atoms with Gasteiger partial charge in [0.25, 0.3) is 0 Å². The Bertz CT molecular complexity index is 1670. The van der Waals surface area contributed by atoms with Gasteiger partial charge in [-0.25, -0.2) is 4.98 Å². The van der Waals surface area contributed by atoms with Crippen LogP contribution in [0.2, 0.25) is 0 Å². The first kappa shape index (κ1) is 28.5. The molecule has 11 nitrogen and oxygen atoms in total. The molecule has 2 aromatic carbocycles. The molecule has 4 heterocycles. The maximum atomic E-state index is 11.3. The Morgan fingerprint density at radius 3 is 2.32 bits per heavy atom. The van der Waals surface area contributed by atoms with E-state index in [0.717, 1.165) is 24.9 Å². The predicted octanol–water partition coefficient (Wildman–Crippen LogP) is 3.27. The highest BCUT2D eigenvalue weighted by Gasteiger charge is 2.44. The second-order valence-electron chi connectivity index (χ2n) is 12.0. The van der Waals surface area contributed by atoms with E-state index in [1.165, 1.54) is 11.1 Å². The minimum atomic E-state index is -1.01. The number of aromatic nitrogens is 6. The zero-order chi connectivity index (χ0) is 30.2. The van der Waals surface area contributed by atoms with Crippen LogP contribution in [0.4, 0.5) is 11.8 Å². The van der Waals surface area contributed by atoms with Crippen LogP contribution in [0.3, 0.4) is 0 Å². The summed E-state index contributed by atoms with van der Waals surface area (Å²) in [6.07, 6.45) is 5.69. The van der Waals surface area contributed by atoms with Crippen LogP contribution >= 0.6 is 0 Å². The predicted molar refractivity (Wildman–Crippen MR) is 170 cm³/mol. The van der Waals surface area contributed by atoms with E-state index < -0.39 is 18.2 Å². The lowest BCUT2D eigenvalue weighted by Crippen LogP contribution is -2.30. The van der Waals surface area contributed by atoms with Gasteiger partial charge in [0.2, 0.25) is 5.95 Å². The van der Waals surface area contributed by atoms with Gasteiger partial charge in [-0.1, -0.05) is 67.6 Å². The first-order valence-electron chi connectivity index (χ1n) is 15.5. The van der Waals surface area contributed by atoms with Crippen molar-refractivity contribution in [2.75, 3.05) is 29.9 Å². The molecule has 1 saturated carbocycles. The number of aliphatic hydroxyl groups excluding tert-OH is 2. The van der Waals surface area contributed by atoms with Crippen LogP contribution in [0.1, 0.15) is 54.5 Å². The molecule has 5 N–H and O–H groups in total. The molecule has 11 heteroatoms. The van der Waals surface area contributed by atoms with Crippen molar-refractivity contribution in [3.63, 3.8) is 0 Å². The number of nitrogens with one attached hydrogen (secondary N) is 1. The van der Waals surface area contributed by atoms with Crippen LogP contribution < -0.4 is 16.0 Å². The fraction of sp³-hybridized carbons (Fsp3) is 0.394. The summed E-state index contributed by atoms with van der Waals surface area (Å²) in [5.74, 6) is 1.29. The van der Waals surface area contributed by atoms with Crippen LogP contribution in [0, 0.1) is 0 Å². The second kappa shape index (κ2) is 12.0. The quantitative estimate of drug-likeness (QED) is 0.202. The van der Waals surface area contributed by atoms with Gasteiger partial charge in [-0.2, -0.15) is 15.1 Å². The van der Waals surface area contributed by atoms with Gasteiger partial charge in [-0.3, -0.25) is 4.68 Å². The maximum absolute atomic E-state index is 11.3. The molecular formula is C33H39N9O2. The molecule has 1 aliphatic heterocycles. The van der Waals surface area contributed by atoms with E-state index in [4.69, 9.17) is 20.7 Å². The number of benzene rings is 2. The molecule has 0 bridgehead atoms. The summed E-state index contributed by atoms with van der Waals surface area (Å²) >= 11 is 0. The summed E-state index contributed by atoms with van der Waals surface area (Å²) in [7, 11) is 0. The SMILES string of the molecule is CCc1cnn([C@H]2C[C@@H](n3cnc4c(NCC(c5ccccc5)c5ccccc5)nc(N5CC[C@H](N)C5)nc43)[C@H](O)[C@@H]2O)c1. The van der Waals surface area contributed by atoms with Gasteiger partial charge in [0.15, 0.2) is 17.0 Å². The van der Waals surface area contributed by atoms with E-state index in [0.29, 0.717) is 42.4 Å². The van der Waals surface area contributed by atoms with E-state index in [1.807, 2.05) is 29.1 Å². The zero-order valence-corrected chi connectivity index (χ0v) is 24.8. The highest BCUT2D eigenvalue weighted by atomic mass is 16.3. The minimum absolute atomic E-state index is 0.0609. The molecule has 1 aliphatic carbocycles. The van der Waals surface area contributed by atoms with Gasteiger partial charge in [-0.15, -0.1) is 0 Å². The van der Waals surface area contributed by atoms with Crippen LogP contribution in [-0.4, -0.2) is 77.4 Å². The maximum Gasteiger partial charge on any atom is 0.229 e. The van der Waals surface area contributed by atoms with Crippen LogP contribution in [0.5, 0.6) is 0 Å². The number of nitrogens with zero attached hydrogens (tertiary/aromatic N) is 7. The Labute approximate surface area is 256 Å². The topological polar surface area (TPSA) is 143 Å². The number of rotatable bonds is 9. The summed E-state index contributed by atoms with van der Waals surface area (Å²) in [5, 5.41) is 30.5.